The average Bonchev–Trinajstić information content (AvgIpc) is 2.61. The molecule has 2 aliphatic rings. The van der Waals surface area contributed by atoms with E-state index in [9.17, 15) is 0 Å². The number of hydrogen-bond donors (Lipinski definition) is 0. The van der Waals surface area contributed by atoms with Crippen molar-refractivity contribution in [2.24, 2.45) is 0 Å². The van der Waals surface area contributed by atoms with Crippen LogP contribution in [0.15, 0.2) is 54.6 Å². The maximum absolute atomic E-state index is 5.21. The van der Waals surface area contributed by atoms with Gasteiger partial charge in [-0.25, -0.2) is 4.98 Å². The van der Waals surface area contributed by atoms with Gasteiger partial charge < -0.3 is 0 Å². The Bertz CT molecular complexity index is 879. The van der Waals surface area contributed by atoms with Gasteiger partial charge in [0.15, 0.2) is 0 Å². The number of nitrogens with zero attached hydrogens (tertiary/aromatic N) is 1. The van der Waals surface area contributed by atoms with Crippen molar-refractivity contribution in [1.29, 1.82) is 0 Å². The zero-order valence-electron chi connectivity index (χ0n) is 14.2. The number of hydrogen-bond acceptors (Lipinski definition) is 1. The van der Waals surface area contributed by atoms with Crippen molar-refractivity contribution in [3.8, 4) is 22.5 Å². The summed E-state index contributed by atoms with van der Waals surface area (Å²) in [4.78, 5) is 5.21. The Kier molecular flexibility index (Phi) is 2.94. The Balaban J connectivity index is 1.78. The second-order valence-corrected chi connectivity index (χ2v) is 7.39. The minimum atomic E-state index is 0.571. The largest absolute Gasteiger partial charge is 0.247 e. The van der Waals surface area contributed by atoms with E-state index in [1.165, 1.54) is 44.8 Å². The highest BCUT2D eigenvalue weighted by molar-refractivity contribution is 5.78. The summed E-state index contributed by atoms with van der Waals surface area (Å²) in [6, 6.07) is 20.0. The Labute approximate surface area is 143 Å². The number of rotatable bonds is 0. The predicted molar refractivity (Wildman–Crippen MR) is 99.3 cm³/mol. The van der Waals surface area contributed by atoms with Gasteiger partial charge in [0.05, 0.1) is 11.4 Å². The highest BCUT2D eigenvalue weighted by atomic mass is 14.7. The summed E-state index contributed by atoms with van der Waals surface area (Å²) in [6.45, 7) is 4.66. The Morgan fingerprint density at radius 2 is 1.17 bits per heavy atom. The van der Waals surface area contributed by atoms with E-state index in [4.69, 9.17) is 4.98 Å². The van der Waals surface area contributed by atoms with Crippen molar-refractivity contribution in [1.82, 2.24) is 4.98 Å². The van der Waals surface area contributed by atoms with Gasteiger partial charge in [-0.1, -0.05) is 68.4 Å². The maximum Gasteiger partial charge on any atom is 0.0744 e. The Morgan fingerprint density at radius 3 is 1.67 bits per heavy atom. The lowest BCUT2D eigenvalue weighted by Gasteiger charge is -2.29. The van der Waals surface area contributed by atoms with Crippen LogP contribution in [0.2, 0.25) is 0 Å². The SMILES string of the molecule is CC1Cc2cc3c(nc2-c2ccccc21)-c1ccccc1C(C)C3. The molecule has 0 aliphatic heterocycles. The zero-order valence-corrected chi connectivity index (χ0v) is 14.2. The summed E-state index contributed by atoms with van der Waals surface area (Å²) >= 11 is 0. The van der Waals surface area contributed by atoms with E-state index >= 15 is 0 Å². The molecule has 2 aliphatic carbocycles. The van der Waals surface area contributed by atoms with Gasteiger partial charge in [0, 0.05) is 11.1 Å². The molecule has 1 heteroatoms. The molecule has 0 radical (unpaired) electrons. The van der Waals surface area contributed by atoms with Crippen LogP contribution in [0.1, 0.15) is 47.9 Å². The number of pyridine rings is 1. The van der Waals surface area contributed by atoms with Crippen molar-refractivity contribution in [3.05, 3.63) is 76.9 Å². The second kappa shape index (κ2) is 5.04. The third kappa shape index (κ3) is 1.91. The third-order valence-corrected chi connectivity index (χ3v) is 5.73. The molecular weight excluding hydrogens is 290 g/mol. The predicted octanol–water partition coefficient (Wildman–Crippen LogP) is 5.73. The van der Waals surface area contributed by atoms with Crippen LogP contribution in [0, 0.1) is 0 Å². The smallest absolute Gasteiger partial charge is 0.0744 e. The molecule has 1 heterocycles. The quantitative estimate of drug-likeness (QED) is 0.516. The molecule has 2 aromatic carbocycles. The summed E-state index contributed by atoms with van der Waals surface area (Å²) < 4.78 is 0. The molecule has 2 atom stereocenters. The zero-order chi connectivity index (χ0) is 16.3. The van der Waals surface area contributed by atoms with E-state index in [1.807, 2.05) is 0 Å². The molecular formula is C23H21N. The normalized spacial score (nSPS) is 20.6. The lowest BCUT2D eigenvalue weighted by atomic mass is 9.78. The molecule has 0 saturated heterocycles. The first-order valence-corrected chi connectivity index (χ1v) is 8.93. The summed E-state index contributed by atoms with van der Waals surface area (Å²) in [5, 5.41) is 0. The van der Waals surface area contributed by atoms with Gasteiger partial charge in [-0.05, 0) is 46.9 Å². The molecule has 24 heavy (non-hydrogen) atoms. The molecule has 0 fully saturated rings. The van der Waals surface area contributed by atoms with Gasteiger partial charge in [0.1, 0.15) is 0 Å². The van der Waals surface area contributed by atoms with E-state index in [1.54, 1.807) is 0 Å². The van der Waals surface area contributed by atoms with E-state index in [0.29, 0.717) is 11.8 Å². The monoisotopic (exact) mass is 311 g/mol. The van der Waals surface area contributed by atoms with E-state index in [-0.39, 0.29) is 0 Å². The van der Waals surface area contributed by atoms with E-state index < -0.39 is 0 Å². The molecule has 1 aromatic heterocycles. The van der Waals surface area contributed by atoms with Crippen LogP contribution in [-0.4, -0.2) is 4.98 Å². The van der Waals surface area contributed by atoms with Gasteiger partial charge in [-0.15, -0.1) is 0 Å². The van der Waals surface area contributed by atoms with Crippen molar-refractivity contribution in [3.63, 3.8) is 0 Å². The summed E-state index contributed by atoms with van der Waals surface area (Å²) in [5.41, 5.74) is 10.8. The van der Waals surface area contributed by atoms with Crippen molar-refractivity contribution < 1.29 is 0 Å². The maximum atomic E-state index is 5.21. The average molecular weight is 311 g/mol. The Hall–Kier alpha value is -2.41. The number of aromatic nitrogens is 1. The highest BCUT2D eigenvalue weighted by Gasteiger charge is 2.28. The van der Waals surface area contributed by atoms with Crippen LogP contribution in [-0.2, 0) is 12.8 Å². The van der Waals surface area contributed by atoms with E-state index in [2.05, 4.69) is 68.4 Å². The molecule has 3 aromatic rings. The van der Waals surface area contributed by atoms with Crippen molar-refractivity contribution in [2.45, 2.75) is 38.5 Å². The molecule has 0 N–H and O–H groups in total. The molecule has 1 nitrogen and oxygen atoms in total. The lowest BCUT2D eigenvalue weighted by Crippen LogP contribution is -2.15. The fourth-order valence-electron chi connectivity index (χ4n) is 4.54. The Morgan fingerprint density at radius 1 is 0.708 bits per heavy atom. The summed E-state index contributed by atoms with van der Waals surface area (Å²) in [5.74, 6) is 1.14. The van der Waals surface area contributed by atoms with Crippen LogP contribution in [0.3, 0.4) is 0 Å². The fourth-order valence-corrected chi connectivity index (χ4v) is 4.54. The minimum Gasteiger partial charge on any atom is -0.247 e. The summed E-state index contributed by atoms with van der Waals surface area (Å²) in [6.07, 6.45) is 2.20. The lowest BCUT2D eigenvalue weighted by molar-refractivity contribution is 0.723. The second-order valence-electron chi connectivity index (χ2n) is 7.39. The van der Waals surface area contributed by atoms with Gasteiger partial charge in [-0.2, -0.15) is 0 Å². The van der Waals surface area contributed by atoms with Gasteiger partial charge in [0.2, 0.25) is 0 Å². The topological polar surface area (TPSA) is 12.9 Å². The van der Waals surface area contributed by atoms with Crippen LogP contribution in [0.5, 0.6) is 0 Å². The molecule has 5 rings (SSSR count). The standard InChI is InChI=1S/C23H21N/c1-14-11-16-13-17-12-15(2)19-8-4-6-10-21(19)23(17)24-22(16)20-9-5-3-7-18(14)20/h3-10,13-15H,11-12H2,1-2H3. The summed E-state index contributed by atoms with van der Waals surface area (Å²) in [7, 11) is 0. The van der Waals surface area contributed by atoms with Crippen molar-refractivity contribution in [2.75, 3.05) is 0 Å². The van der Waals surface area contributed by atoms with Crippen LogP contribution in [0.4, 0.5) is 0 Å². The number of fused-ring (bicyclic) bond motifs is 6. The molecule has 0 bridgehead atoms. The number of benzene rings is 2. The molecule has 0 saturated carbocycles. The molecule has 2 unspecified atom stereocenters. The van der Waals surface area contributed by atoms with Crippen molar-refractivity contribution >= 4 is 0 Å². The minimum absolute atomic E-state index is 0.571. The molecule has 118 valence electrons. The third-order valence-electron chi connectivity index (χ3n) is 5.73. The molecule has 0 spiro atoms. The first kappa shape index (κ1) is 14.0. The highest BCUT2D eigenvalue weighted by Crippen LogP contribution is 2.44. The first-order valence-electron chi connectivity index (χ1n) is 8.93. The fraction of sp³-hybridized carbons (Fsp3) is 0.261. The van der Waals surface area contributed by atoms with Gasteiger partial charge in [-0.3, -0.25) is 0 Å². The van der Waals surface area contributed by atoms with Gasteiger partial charge >= 0.3 is 0 Å². The van der Waals surface area contributed by atoms with Crippen LogP contribution in [0.25, 0.3) is 22.5 Å². The first-order chi connectivity index (χ1) is 11.7. The van der Waals surface area contributed by atoms with E-state index in [0.717, 1.165) is 12.8 Å². The van der Waals surface area contributed by atoms with Crippen LogP contribution >= 0.6 is 0 Å². The molecule has 0 amide bonds. The van der Waals surface area contributed by atoms with Gasteiger partial charge in [0.25, 0.3) is 0 Å². The van der Waals surface area contributed by atoms with Crippen LogP contribution < -0.4 is 0 Å².